The summed E-state index contributed by atoms with van der Waals surface area (Å²) in [6, 6.07) is 0. The second kappa shape index (κ2) is 3.68. The summed E-state index contributed by atoms with van der Waals surface area (Å²) >= 11 is 8.49. The standard InChI is InChI=1S/C9H10Br2O2S/c1-9(2)3-12-5-6(13-4-9)8(11)14-7(5)10/h3-4H2,1-2H3. The van der Waals surface area contributed by atoms with Gasteiger partial charge in [0.2, 0.25) is 0 Å². The van der Waals surface area contributed by atoms with Gasteiger partial charge in [0.05, 0.1) is 13.2 Å². The van der Waals surface area contributed by atoms with E-state index in [9.17, 15) is 0 Å². The minimum Gasteiger partial charge on any atom is -0.487 e. The Hall–Kier alpha value is 0.260. The number of ether oxygens (including phenoxy) is 2. The van der Waals surface area contributed by atoms with E-state index in [0.29, 0.717) is 13.2 Å². The van der Waals surface area contributed by atoms with Crippen LogP contribution in [0, 0.1) is 5.41 Å². The first-order valence-electron chi connectivity index (χ1n) is 4.23. The third-order valence-electron chi connectivity index (χ3n) is 1.96. The van der Waals surface area contributed by atoms with Crippen molar-refractivity contribution >= 4 is 43.2 Å². The number of fused-ring (bicyclic) bond motifs is 1. The maximum absolute atomic E-state index is 5.72. The van der Waals surface area contributed by atoms with Gasteiger partial charge >= 0.3 is 0 Å². The van der Waals surface area contributed by atoms with Crippen molar-refractivity contribution in [1.29, 1.82) is 0 Å². The number of halogens is 2. The fraction of sp³-hybridized carbons (Fsp3) is 0.556. The van der Waals surface area contributed by atoms with Gasteiger partial charge in [-0.05, 0) is 31.9 Å². The van der Waals surface area contributed by atoms with Crippen molar-refractivity contribution in [3.8, 4) is 11.5 Å². The molecule has 0 radical (unpaired) electrons. The molecule has 0 saturated carbocycles. The van der Waals surface area contributed by atoms with E-state index in [4.69, 9.17) is 9.47 Å². The zero-order valence-electron chi connectivity index (χ0n) is 7.89. The van der Waals surface area contributed by atoms with E-state index in [1.807, 2.05) is 0 Å². The average molecular weight is 342 g/mol. The quantitative estimate of drug-likeness (QED) is 0.708. The van der Waals surface area contributed by atoms with Crippen molar-refractivity contribution in [2.75, 3.05) is 13.2 Å². The van der Waals surface area contributed by atoms with Gasteiger partial charge in [-0.2, -0.15) is 0 Å². The molecule has 0 amide bonds. The predicted molar refractivity (Wildman–Crippen MR) is 64.5 cm³/mol. The molecule has 0 bridgehead atoms. The first kappa shape index (κ1) is 10.8. The van der Waals surface area contributed by atoms with Crippen LogP contribution in [0.15, 0.2) is 7.57 Å². The molecule has 2 heterocycles. The molecule has 2 nitrogen and oxygen atoms in total. The highest BCUT2D eigenvalue weighted by Gasteiger charge is 2.29. The SMILES string of the molecule is CC1(C)COc2c(Br)sc(Br)c2OC1. The number of hydrogen-bond acceptors (Lipinski definition) is 3. The van der Waals surface area contributed by atoms with Crippen LogP contribution < -0.4 is 9.47 Å². The van der Waals surface area contributed by atoms with Gasteiger partial charge < -0.3 is 9.47 Å². The summed E-state index contributed by atoms with van der Waals surface area (Å²) in [4.78, 5) is 0. The lowest BCUT2D eigenvalue weighted by Gasteiger charge is -2.20. The maximum Gasteiger partial charge on any atom is 0.187 e. The molecule has 78 valence electrons. The highest BCUT2D eigenvalue weighted by atomic mass is 79.9. The highest BCUT2D eigenvalue weighted by Crippen LogP contribution is 2.50. The molecule has 0 spiro atoms. The monoisotopic (exact) mass is 340 g/mol. The number of rotatable bonds is 0. The van der Waals surface area contributed by atoms with Crippen LogP contribution in [-0.4, -0.2) is 13.2 Å². The molecule has 0 aliphatic carbocycles. The summed E-state index contributed by atoms with van der Waals surface area (Å²) in [5.74, 6) is 1.65. The minimum atomic E-state index is 0.0650. The van der Waals surface area contributed by atoms with Crippen LogP contribution in [0.2, 0.25) is 0 Å². The van der Waals surface area contributed by atoms with Crippen molar-refractivity contribution in [2.24, 2.45) is 5.41 Å². The Morgan fingerprint density at radius 3 is 1.93 bits per heavy atom. The van der Waals surface area contributed by atoms with Crippen LogP contribution in [0.4, 0.5) is 0 Å². The fourth-order valence-electron chi connectivity index (χ4n) is 1.17. The third kappa shape index (κ3) is 1.95. The highest BCUT2D eigenvalue weighted by molar-refractivity contribution is 9.12. The molecule has 0 aromatic carbocycles. The van der Waals surface area contributed by atoms with Gasteiger partial charge in [0.25, 0.3) is 0 Å². The summed E-state index contributed by atoms with van der Waals surface area (Å²) in [6.07, 6.45) is 0. The Morgan fingerprint density at radius 2 is 1.50 bits per heavy atom. The van der Waals surface area contributed by atoms with Gasteiger partial charge in [-0.25, -0.2) is 0 Å². The summed E-state index contributed by atoms with van der Waals surface area (Å²) in [7, 11) is 0. The first-order valence-corrected chi connectivity index (χ1v) is 6.63. The first-order chi connectivity index (χ1) is 6.49. The van der Waals surface area contributed by atoms with E-state index in [2.05, 4.69) is 45.7 Å². The number of thiophene rings is 1. The molecule has 0 fully saturated rings. The van der Waals surface area contributed by atoms with Gasteiger partial charge in [0.1, 0.15) is 7.57 Å². The van der Waals surface area contributed by atoms with E-state index in [1.165, 1.54) is 0 Å². The summed E-state index contributed by atoms with van der Waals surface area (Å²) < 4.78 is 13.4. The average Bonchev–Trinajstić information content (AvgIpc) is 2.26. The van der Waals surface area contributed by atoms with Crippen LogP contribution >= 0.6 is 43.2 Å². The Labute approximate surface area is 104 Å². The lowest BCUT2D eigenvalue weighted by atomic mass is 9.97. The number of hydrogen-bond donors (Lipinski definition) is 0. The molecule has 0 unspecified atom stereocenters. The minimum absolute atomic E-state index is 0.0650. The van der Waals surface area contributed by atoms with Crippen LogP contribution in [0.5, 0.6) is 11.5 Å². The fourth-order valence-corrected chi connectivity index (χ4v) is 4.03. The molecule has 14 heavy (non-hydrogen) atoms. The normalized spacial score (nSPS) is 19.1. The Kier molecular flexibility index (Phi) is 2.83. The van der Waals surface area contributed by atoms with Gasteiger partial charge in [-0.3, -0.25) is 0 Å². The van der Waals surface area contributed by atoms with Gasteiger partial charge in [0, 0.05) is 5.41 Å². The van der Waals surface area contributed by atoms with Crippen LogP contribution in [0.1, 0.15) is 13.8 Å². The largest absolute Gasteiger partial charge is 0.487 e. The summed E-state index contributed by atoms with van der Waals surface area (Å²) in [6.45, 7) is 5.62. The Morgan fingerprint density at radius 1 is 1.07 bits per heavy atom. The zero-order valence-corrected chi connectivity index (χ0v) is 11.9. The Bertz CT molecular complexity index is 329. The lowest BCUT2D eigenvalue weighted by Crippen LogP contribution is -2.26. The molecule has 1 aromatic heterocycles. The lowest BCUT2D eigenvalue weighted by molar-refractivity contribution is 0.139. The van der Waals surface area contributed by atoms with Gasteiger partial charge in [-0.15, -0.1) is 11.3 Å². The van der Waals surface area contributed by atoms with Crippen molar-refractivity contribution in [3.63, 3.8) is 0 Å². The van der Waals surface area contributed by atoms with E-state index in [-0.39, 0.29) is 5.41 Å². The predicted octanol–water partition coefficient (Wildman–Crippen LogP) is 4.07. The van der Waals surface area contributed by atoms with Gasteiger partial charge in [-0.1, -0.05) is 13.8 Å². The van der Waals surface area contributed by atoms with E-state index in [0.717, 1.165) is 19.1 Å². The second-order valence-electron chi connectivity index (χ2n) is 4.05. The van der Waals surface area contributed by atoms with Crippen molar-refractivity contribution < 1.29 is 9.47 Å². The van der Waals surface area contributed by atoms with E-state index in [1.54, 1.807) is 11.3 Å². The van der Waals surface area contributed by atoms with Crippen molar-refractivity contribution in [2.45, 2.75) is 13.8 Å². The van der Waals surface area contributed by atoms with Crippen LogP contribution in [0.3, 0.4) is 0 Å². The van der Waals surface area contributed by atoms with Crippen LogP contribution in [0.25, 0.3) is 0 Å². The summed E-state index contributed by atoms with van der Waals surface area (Å²) in [5.41, 5.74) is 0.0650. The summed E-state index contributed by atoms with van der Waals surface area (Å²) in [5, 5.41) is 0. The third-order valence-corrected chi connectivity index (χ3v) is 4.38. The second-order valence-corrected chi connectivity index (χ2v) is 7.71. The molecule has 2 rings (SSSR count). The molecular weight excluding hydrogens is 332 g/mol. The van der Waals surface area contributed by atoms with Crippen LogP contribution in [-0.2, 0) is 0 Å². The molecule has 0 N–H and O–H groups in total. The molecular formula is C9H10Br2O2S. The van der Waals surface area contributed by atoms with Crippen molar-refractivity contribution in [3.05, 3.63) is 7.57 Å². The smallest absolute Gasteiger partial charge is 0.187 e. The maximum atomic E-state index is 5.72. The van der Waals surface area contributed by atoms with Gasteiger partial charge in [0.15, 0.2) is 11.5 Å². The molecule has 5 heteroatoms. The molecule has 0 atom stereocenters. The van der Waals surface area contributed by atoms with E-state index >= 15 is 0 Å². The Balaban J connectivity index is 2.35. The zero-order chi connectivity index (χ0) is 10.3. The van der Waals surface area contributed by atoms with E-state index < -0.39 is 0 Å². The molecule has 1 aromatic rings. The molecule has 0 saturated heterocycles. The topological polar surface area (TPSA) is 18.5 Å². The molecule has 1 aliphatic heterocycles. The van der Waals surface area contributed by atoms with Crippen molar-refractivity contribution in [1.82, 2.24) is 0 Å². The molecule has 1 aliphatic rings.